The number of nitrogens with one attached hydrogen (secondary N) is 1. The molecular formula is C16H22FNO2. The highest BCUT2D eigenvalue weighted by molar-refractivity contribution is 5.78. The summed E-state index contributed by atoms with van der Waals surface area (Å²) in [5.41, 5.74) is 0.566. The quantitative estimate of drug-likeness (QED) is 0.868. The van der Waals surface area contributed by atoms with E-state index in [2.05, 4.69) is 5.32 Å². The molecule has 0 bridgehead atoms. The first-order chi connectivity index (χ1) is 9.58. The van der Waals surface area contributed by atoms with Gasteiger partial charge in [-0.1, -0.05) is 31.5 Å². The first kappa shape index (κ1) is 15.0. The number of aliphatic hydroxyl groups is 1. The lowest BCUT2D eigenvalue weighted by atomic mass is 9.99. The monoisotopic (exact) mass is 279 g/mol. The van der Waals surface area contributed by atoms with E-state index in [1.165, 1.54) is 6.07 Å². The van der Waals surface area contributed by atoms with Crippen molar-refractivity contribution in [3.63, 3.8) is 0 Å². The molecule has 0 aliphatic heterocycles. The minimum absolute atomic E-state index is 0.0765. The van der Waals surface area contributed by atoms with Gasteiger partial charge in [0.2, 0.25) is 5.91 Å². The fourth-order valence-electron chi connectivity index (χ4n) is 2.75. The summed E-state index contributed by atoms with van der Waals surface area (Å²) in [6.07, 6.45) is 2.91. The maximum Gasteiger partial charge on any atom is 0.223 e. The summed E-state index contributed by atoms with van der Waals surface area (Å²) in [5.74, 6) is -0.448. The summed E-state index contributed by atoms with van der Waals surface area (Å²) >= 11 is 0. The SMILES string of the molecule is CC(Cc1ccccc1F)C(=O)NCC1CCCC1O. The van der Waals surface area contributed by atoms with Gasteiger partial charge in [0.25, 0.3) is 0 Å². The lowest BCUT2D eigenvalue weighted by Gasteiger charge is -2.17. The van der Waals surface area contributed by atoms with E-state index in [1.54, 1.807) is 25.1 Å². The van der Waals surface area contributed by atoms with Crippen LogP contribution in [0.5, 0.6) is 0 Å². The number of benzene rings is 1. The van der Waals surface area contributed by atoms with Crippen molar-refractivity contribution in [2.24, 2.45) is 11.8 Å². The normalized spacial score (nSPS) is 23.6. The molecular weight excluding hydrogens is 257 g/mol. The Kier molecular flexibility index (Phi) is 5.12. The standard InChI is InChI=1S/C16H22FNO2/c1-11(9-12-5-2-3-7-14(12)17)16(20)18-10-13-6-4-8-15(13)19/h2-3,5,7,11,13,15,19H,4,6,8-10H2,1H3,(H,18,20). The van der Waals surface area contributed by atoms with Gasteiger partial charge in [-0.25, -0.2) is 4.39 Å². The summed E-state index contributed by atoms with van der Waals surface area (Å²) in [5, 5.41) is 12.6. The fraction of sp³-hybridized carbons (Fsp3) is 0.562. The number of hydrogen-bond acceptors (Lipinski definition) is 2. The number of carbonyl (C=O) groups excluding carboxylic acids is 1. The Balaban J connectivity index is 1.81. The average molecular weight is 279 g/mol. The molecule has 0 spiro atoms. The van der Waals surface area contributed by atoms with Crippen LogP contribution in [0.1, 0.15) is 31.7 Å². The number of halogens is 1. The van der Waals surface area contributed by atoms with E-state index in [4.69, 9.17) is 0 Å². The van der Waals surface area contributed by atoms with Crippen molar-refractivity contribution in [2.75, 3.05) is 6.54 Å². The zero-order valence-electron chi connectivity index (χ0n) is 11.8. The van der Waals surface area contributed by atoms with Gasteiger partial charge in [-0.15, -0.1) is 0 Å². The topological polar surface area (TPSA) is 49.3 Å². The number of carbonyl (C=O) groups is 1. The van der Waals surface area contributed by atoms with Crippen LogP contribution in [0.15, 0.2) is 24.3 Å². The Hall–Kier alpha value is -1.42. The summed E-state index contributed by atoms with van der Waals surface area (Å²) in [7, 11) is 0. The predicted octanol–water partition coefficient (Wildman–Crippen LogP) is 2.28. The molecule has 20 heavy (non-hydrogen) atoms. The number of rotatable bonds is 5. The molecule has 3 unspecified atom stereocenters. The number of amides is 1. The van der Waals surface area contributed by atoms with Gasteiger partial charge < -0.3 is 10.4 Å². The third-order valence-corrected chi connectivity index (χ3v) is 4.09. The van der Waals surface area contributed by atoms with Crippen molar-refractivity contribution >= 4 is 5.91 Å². The van der Waals surface area contributed by atoms with Crippen LogP contribution in [0.2, 0.25) is 0 Å². The maximum atomic E-state index is 13.5. The van der Waals surface area contributed by atoms with Gasteiger partial charge in [0.05, 0.1) is 6.10 Å². The lowest BCUT2D eigenvalue weighted by molar-refractivity contribution is -0.124. The van der Waals surface area contributed by atoms with Gasteiger partial charge in [0.1, 0.15) is 5.82 Å². The molecule has 2 N–H and O–H groups in total. The molecule has 3 atom stereocenters. The molecule has 0 heterocycles. The van der Waals surface area contributed by atoms with Gasteiger partial charge in [-0.05, 0) is 30.9 Å². The van der Waals surface area contributed by atoms with Gasteiger partial charge in [0, 0.05) is 18.4 Å². The second-order valence-corrected chi connectivity index (χ2v) is 5.70. The number of aliphatic hydroxyl groups excluding tert-OH is 1. The molecule has 1 amide bonds. The molecule has 0 radical (unpaired) electrons. The zero-order valence-corrected chi connectivity index (χ0v) is 11.8. The van der Waals surface area contributed by atoms with E-state index in [-0.39, 0.29) is 29.7 Å². The van der Waals surface area contributed by atoms with Gasteiger partial charge in [0.15, 0.2) is 0 Å². The molecule has 4 heteroatoms. The molecule has 1 aliphatic rings. The van der Waals surface area contributed by atoms with Crippen LogP contribution >= 0.6 is 0 Å². The van der Waals surface area contributed by atoms with Crippen LogP contribution in [-0.2, 0) is 11.2 Å². The largest absolute Gasteiger partial charge is 0.393 e. The van der Waals surface area contributed by atoms with Crippen LogP contribution in [-0.4, -0.2) is 23.7 Å². The van der Waals surface area contributed by atoms with Crippen LogP contribution in [0.4, 0.5) is 4.39 Å². The van der Waals surface area contributed by atoms with E-state index < -0.39 is 0 Å². The second-order valence-electron chi connectivity index (χ2n) is 5.70. The highest BCUT2D eigenvalue weighted by atomic mass is 19.1. The minimum Gasteiger partial charge on any atom is -0.393 e. The Morgan fingerprint density at radius 2 is 2.20 bits per heavy atom. The van der Waals surface area contributed by atoms with Crippen LogP contribution < -0.4 is 5.32 Å². The highest BCUT2D eigenvalue weighted by Gasteiger charge is 2.26. The molecule has 110 valence electrons. The number of hydrogen-bond donors (Lipinski definition) is 2. The maximum absolute atomic E-state index is 13.5. The third-order valence-electron chi connectivity index (χ3n) is 4.09. The van der Waals surface area contributed by atoms with E-state index in [1.807, 2.05) is 0 Å². The molecule has 1 fully saturated rings. The molecule has 0 saturated heterocycles. The summed E-state index contributed by atoms with van der Waals surface area (Å²) in [6.45, 7) is 2.31. The van der Waals surface area contributed by atoms with Crippen molar-refractivity contribution in [3.05, 3.63) is 35.6 Å². The van der Waals surface area contributed by atoms with Crippen LogP contribution in [0, 0.1) is 17.7 Å². The highest BCUT2D eigenvalue weighted by Crippen LogP contribution is 2.24. The van der Waals surface area contributed by atoms with Crippen molar-refractivity contribution < 1.29 is 14.3 Å². The first-order valence-corrected chi connectivity index (χ1v) is 7.27. The Bertz CT molecular complexity index is 464. The van der Waals surface area contributed by atoms with Crippen LogP contribution in [0.25, 0.3) is 0 Å². The minimum atomic E-state index is -0.294. The Labute approximate surface area is 119 Å². The lowest BCUT2D eigenvalue weighted by Crippen LogP contribution is -2.36. The molecule has 3 nitrogen and oxygen atoms in total. The first-order valence-electron chi connectivity index (χ1n) is 7.27. The smallest absolute Gasteiger partial charge is 0.223 e. The molecule has 1 aromatic carbocycles. The zero-order chi connectivity index (χ0) is 14.5. The van der Waals surface area contributed by atoms with Crippen molar-refractivity contribution in [1.29, 1.82) is 0 Å². The Morgan fingerprint density at radius 1 is 1.45 bits per heavy atom. The van der Waals surface area contributed by atoms with Gasteiger partial charge >= 0.3 is 0 Å². The average Bonchev–Trinajstić information content (AvgIpc) is 2.84. The van der Waals surface area contributed by atoms with Gasteiger partial charge in [-0.2, -0.15) is 0 Å². The van der Waals surface area contributed by atoms with Crippen molar-refractivity contribution in [1.82, 2.24) is 5.32 Å². The third kappa shape index (κ3) is 3.79. The van der Waals surface area contributed by atoms with E-state index >= 15 is 0 Å². The Morgan fingerprint density at radius 3 is 2.85 bits per heavy atom. The van der Waals surface area contributed by atoms with Gasteiger partial charge in [-0.3, -0.25) is 4.79 Å². The fourth-order valence-corrected chi connectivity index (χ4v) is 2.75. The molecule has 2 rings (SSSR count). The van der Waals surface area contributed by atoms with E-state index in [0.29, 0.717) is 18.5 Å². The molecule has 0 aromatic heterocycles. The van der Waals surface area contributed by atoms with E-state index in [9.17, 15) is 14.3 Å². The second kappa shape index (κ2) is 6.84. The predicted molar refractivity (Wildman–Crippen MR) is 75.6 cm³/mol. The van der Waals surface area contributed by atoms with Crippen molar-refractivity contribution in [3.8, 4) is 0 Å². The van der Waals surface area contributed by atoms with E-state index in [0.717, 1.165) is 19.3 Å². The summed E-state index contributed by atoms with van der Waals surface area (Å²) < 4.78 is 13.5. The summed E-state index contributed by atoms with van der Waals surface area (Å²) in [4.78, 5) is 12.0. The molecule has 1 aliphatic carbocycles. The molecule has 1 aromatic rings. The summed E-state index contributed by atoms with van der Waals surface area (Å²) in [6, 6.07) is 6.54. The molecule has 1 saturated carbocycles. The van der Waals surface area contributed by atoms with Crippen LogP contribution in [0.3, 0.4) is 0 Å². The van der Waals surface area contributed by atoms with Crippen molar-refractivity contribution in [2.45, 2.75) is 38.7 Å².